The van der Waals surface area contributed by atoms with Gasteiger partial charge in [0.15, 0.2) is 0 Å². The van der Waals surface area contributed by atoms with Gasteiger partial charge in [0.25, 0.3) is 0 Å². The highest BCUT2D eigenvalue weighted by atomic mass is 16.5. The maximum atomic E-state index is 12.1. The van der Waals surface area contributed by atoms with Crippen LogP contribution in [0.25, 0.3) is 6.08 Å². The van der Waals surface area contributed by atoms with Gasteiger partial charge in [0, 0.05) is 0 Å². The number of hydrogen-bond donors (Lipinski definition) is 0. The number of ether oxygens (including phenoxy) is 2. The summed E-state index contributed by atoms with van der Waals surface area (Å²) in [6, 6.07) is 14.3. The van der Waals surface area contributed by atoms with E-state index in [-0.39, 0.29) is 5.97 Å². The van der Waals surface area contributed by atoms with Crippen LogP contribution in [0.4, 0.5) is 0 Å². The molecule has 0 spiro atoms. The third-order valence-corrected chi connectivity index (χ3v) is 3.68. The first-order chi connectivity index (χ1) is 11.7. The van der Waals surface area contributed by atoms with E-state index < -0.39 is 0 Å². The molecule has 0 aliphatic rings. The zero-order chi connectivity index (χ0) is 17.2. The lowest BCUT2D eigenvalue weighted by atomic mass is 10.1. The Bertz CT molecular complexity index is 642. The van der Waals surface area contributed by atoms with E-state index in [0.717, 1.165) is 24.3 Å². The quantitative estimate of drug-likeness (QED) is 0.347. The Kier molecular flexibility index (Phi) is 7.09. The zero-order valence-corrected chi connectivity index (χ0v) is 14.2. The van der Waals surface area contributed by atoms with Crippen LogP contribution >= 0.6 is 0 Å². The van der Waals surface area contributed by atoms with Crippen molar-refractivity contribution in [3.8, 4) is 11.5 Å². The van der Waals surface area contributed by atoms with Gasteiger partial charge in [-0.2, -0.15) is 0 Å². The summed E-state index contributed by atoms with van der Waals surface area (Å²) in [4.78, 5) is 12.1. The molecule has 0 saturated carbocycles. The Morgan fingerprint density at radius 1 is 0.958 bits per heavy atom. The van der Waals surface area contributed by atoms with Gasteiger partial charge < -0.3 is 9.47 Å². The molecular weight excluding hydrogens is 300 g/mol. The third kappa shape index (κ3) is 5.58. The summed E-state index contributed by atoms with van der Waals surface area (Å²) in [5, 5.41) is 0. The van der Waals surface area contributed by atoms with Crippen molar-refractivity contribution in [1.82, 2.24) is 0 Å². The molecule has 0 N–H and O–H groups in total. The lowest BCUT2D eigenvalue weighted by molar-refractivity contribution is 0.0734. The zero-order valence-electron chi connectivity index (χ0n) is 14.2. The monoisotopic (exact) mass is 324 g/mol. The van der Waals surface area contributed by atoms with Gasteiger partial charge in [0.2, 0.25) is 0 Å². The Balaban J connectivity index is 1.84. The molecule has 3 nitrogen and oxygen atoms in total. The summed E-state index contributed by atoms with van der Waals surface area (Å²) in [5.41, 5.74) is 1.48. The molecule has 0 aliphatic carbocycles. The van der Waals surface area contributed by atoms with Crippen molar-refractivity contribution in [1.29, 1.82) is 0 Å². The summed E-state index contributed by atoms with van der Waals surface area (Å²) in [5.74, 6) is 0.923. The summed E-state index contributed by atoms with van der Waals surface area (Å²) in [6.07, 6.45) is 6.45. The van der Waals surface area contributed by atoms with Crippen LogP contribution in [0, 0.1) is 0 Å². The molecule has 0 saturated heterocycles. The van der Waals surface area contributed by atoms with Crippen LogP contribution in [0.5, 0.6) is 11.5 Å². The maximum absolute atomic E-state index is 12.1. The van der Waals surface area contributed by atoms with Crippen LogP contribution in [-0.2, 0) is 0 Å². The molecule has 0 aliphatic heterocycles. The molecule has 2 rings (SSSR count). The van der Waals surface area contributed by atoms with Gasteiger partial charge in [-0.15, -0.1) is 0 Å². The molecular formula is C21H24O3. The predicted molar refractivity (Wildman–Crippen MR) is 97.6 cm³/mol. The van der Waals surface area contributed by atoms with E-state index in [2.05, 4.69) is 13.5 Å². The summed E-state index contributed by atoms with van der Waals surface area (Å²) >= 11 is 0. The van der Waals surface area contributed by atoms with E-state index >= 15 is 0 Å². The minimum absolute atomic E-state index is 0.376. The highest BCUT2D eigenvalue weighted by Crippen LogP contribution is 2.19. The molecule has 126 valence electrons. The second-order valence-electron chi connectivity index (χ2n) is 5.60. The molecule has 0 bridgehead atoms. The Morgan fingerprint density at radius 3 is 2.25 bits per heavy atom. The molecule has 0 unspecified atom stereocenters. The number of unbranched alkanes of at least 4 members (excludes halogenated alkanes) is 3. The van der Waals surface area contributed by atoms with Crippen molar-refractivity contribution in [2.45, 2.75) is 32.6 Å². The second kappa shape index (κ2) is 9.56. The van der Waals surface area contributed by atoms with Crippen LogP contribution < -0.4 is 9.47 Å². The number of carbonyl (C=O) groups excluding carboxylic acids is 1. The number of rotatable bonds is 9. The van der Waals surface area contributed by atoms with Gasteiger partial charge in [-0.3, -0.25) is 0 Å². The SMILES string of the molecule is C=Cc1ccc(C(=O)Oc2ccc(OCCCCCC)cc2)cc1. The number of esters is 1. The normalized spacial score (nSPS) is 10.2. The molecule has 0 aromatic heterocycles. The minimum atomic E-state index is -0.376. The number of benzene rings is 2. The Morgan fingerprint density at radius 2 is 1.62 bits per heavy atom. The molecule has 0 amide bonds. The van der Waals surface area contributed by atoms with E-state index in [0.29, 0.717) is 11.3 Å². The van der Waals surface area contributed by atoms with Gasteiger partial charge in [-0.05, 0) is 48.4 Å². The van der Waals surface area contributed by atoms with Crippen molar-refractivity contribution >= 4 is 12.0 Å². The smallest absolute Gasteiger partial charge is 0.343 e. The van der Waals surface area contributed by atoms with Gasteiger partial charge in [0.05, 0.1) is 12.2 Å². The maximum Gasteiger partial charge on any atom is 0.343 e. The standard InChI is InChI=1S/C21H24O3/c1-3-5-6-7-16-23-19-12-14-20(15-13-19)24-21(22)18-10-8-17(4-2)9-11-18/h4,8-15H,2-3,5-7,16H2,1H3. The van der Waals surface area contributed by atoms with Crippen molar-refractivity contribution < 1.29 is 14.3 Å². The molecule has 0 radical (unpaired) electrons. The van der Waals surface area contributed by atoms with Crippen molar-refractivity contribution in [3.63, 3.8) is 0 Å². The topological polar surface area (TPSA) is 35.5 Å². The van der Waals surface area contributed by atoms with Crippen molar-refractivity contribution in [3.05, 3.63) is 66.2 Å². The molecule has 2 aromatic carbocycles. The Hall–Kier alpha value is -2.55. The van der Waals surface area contributed by atoms with Crippen LogP contribution in [0.1, 0.15) is 48.5 Å². The first-order valence-corrected chi connectivity index (χ1v) is 8.40. The van der Waals surface area contributed by atoms with E-state index in [4.69, 9.17) is 9.47 Å². The van der Waals surface area contributed by atoms with Gasteiger partial charge in [0.1, 0.15) is 11.5 Å². The summed E-state index contributed by atoms with van der Waals surface area (Å²) < 4.78 is 11.0. The van der Waals surface area contributed by atoms with E-state index in [1.54, 1.807) is 30.3 Å². The lowest BCUT2D eigenvalue weighted by Crippen LogP contribution is -2.08. The molecule has 3 heteroatoms. The lowest BCUT2D eigenvalue weighted by Gasteiger charge is -2.08. The number of hydrogen-bond acceptors (Lipinski definition) is 3. The first-order valence-electron chi connectivity index (χ1n) is 8.40. The summed E-state index contributed by atoms with van der Waals surface area (Å²) in [6.45, 7) is 6.60. The molecule has 24 heavy (non-hydrogen) atoms. The average molecular weight is 324 g/mol. The fourth-order valence-corrected chi connectivity index (χ4v) is 2.24. The number of carbonyl (C=O) groups is 1. The van der Waals surface area contributed by atoms with Gasteiger partial charge in [-0.1, -0.05) is 51.0 Å². The fraction of sp³-hybridized carbons (Fsp3) is 0.286. The van der Waals surface area contributed by atoms with E-state index in [1.807, 2.05) is 24.3 Å². The molecule has 0 fully saturated rings. The van der Waals surface area contributed by atoms with Gasteiger partial charge >= 0.3 is 5.97 Å². The molecule has 0 heterocycles. The van der Waals surface area contributed by atoms with E-state index in [1.165, 1.54) is 19.3 Å². The fourth-order valence-electron chi connectivity index (χ4n) is 2.24. The van der Waals surface area contributed by atoms with Crippen molar-refractivity contribution in [2.75, 3.05) is 6.61 Å². The van der Waals surface area contributed by atoms with E-state index in [9.17, 15) is 4.79 Å². The Labute approximate surface area is 143 Å². The van der Waals surface area contributed by atoms with Crippen molar-refractivity contribution in [2.24, 2.45) is 0 Å². The average Bonchev–Trinajstić information content (AvgIpc) is 2.63. The van der Waals surface area contributed by atoms with Crippen LogP contribution in [0.3, 0.4) is 0 Å². The largest absolute Gasteiger partial charge is 0.494 e. The van der Waals surface area contributed by atoms with Crippen LogP contribution in [-0.4, -0.2) is 12.6 Å². The highest BCUT2D eigenvalue weighted by molar-refractivity contribution is 5.91. The third-order valence-electron chi connectivity index (χ3n) is 3.68. The molecule has 0 atom stereocenters. The minimum Gasteiger partial charge on any atom is -0.494 e. The predicted octanol–water partition coefficient (Wildman–Crippen LogP) is 5.51. The highest BCUT2D eigenvalue weighted by Gasteiger charge is 2.08. The summed E-state index contributed by atoms with van der Waals surface area (Å²) in [7, 11) is 0. The van der Waals surface area contributed by atoms with Crippen LogP contribution in [0.15, 0.2) is 55.1 Å². The van der Waals surface area contributed by atoms with Crippen LogP contribution in [0.2, 0.25) is 0 Å². The van der Waals surface area contributed by atoms with Gasteiger partial charge in [-0.25, -0.2) is 4.79 Å². The first kappa shape index (κ1) is 17.8. The second-order valence-corrected chi connectivity index (χ2v) is 5.60. The molecule has 2 aromatic rings.